The predicted octanol–water partition coefficient (Wildman–Crippen LogP) is 2.89. The fourth-order valence-electron chi connectivity index (χ4n) is 1.62. The Bertz CT molecular complexity index is 427. The lowest BCUT2D eigenvalue weighted by Gasteiger charge is -2.15. The Labute approximate surface area is 111 Å². The molecule has 0 amide bonds. The van der Waals surface area contributed by atoms with Gasteiger partial charge < -0.3 is 14.8 Å². The molecule has 1 unspecified atom stereocenters. The molecule has 2 aromatic heterocycles. The molecular formula is C12H16ClNO2S. The van der Waals surface area contributed by atoms with Crippen LogP contribution < -0.4 is 5.32 Å². The SMILES string of the molecule is Cc1ccsc1C(CO)NCc1ccoc1.Cl. The topological polar surface area (TPSA) is 45.4 Å². The lowest BCUT2D eigenvalue weighted by molar-refractivity contribution is 0.245. The van der Waals surface area contributed by atoms with Crippen LogP contribution in [0.1, 0.15) is 22.0 Å². The molecule has 2 rings (SSSR count). The van der Waals surface area contributed by atoms with E-state index in [-0.39, 0.29) is 25.1 Å². The van der Waals surface area contributed by atoms with Crippen molar-refractivity contribution in [3.63, 3.8) is 0 Å². The second kappa shape index (κ2) is 6.81. The van der Waals surface area contributed by atoms with Crippen LogP contribution in [0.4, 0.5) is 0 Å². The van der Waals surface area contributed by atoms with E-state index in [1.807, 2.05) is 11.4 Å². The molecule has 0 aromatic carbocycles. The van der Waals surface area contributed by atoms with Gasteiger partial charge in [-0.25, -0.2) is 0 Å². The summed E-state index contributed by atoms with van der Waals surface area (Å²) in [5, 5.41) is 14.7. The molecule has 0 saturated heterocycles. The van der Waals surface area contributed by atoms with E-state index in [2.05, 4.69) is 18.3 Å². The number of thiophene rings is 1. The first-order valence-corrected chi connectivity index (χ1v) is 6.08. The maximum atomic E-state index is 9.37. The van der Waals surface area contributed by atoms with Crippen LogP contribution in [0.25, 0.3) is 0 Å². The number of nitrogens with one attached hydrogen (secondary N) is 1. The highest BCUT2D eigenvalue weighted by atomic mass is 35.5. The van der Waals surface area contributed by atoms with Crippen LogP contribution >= 0.6 is 23.7 Å². The first kappa shape index (κ1) is 14.3. The Kier molecular flexibility index (Phi) is 5.71. The number of hydrogen-bond donors (Lipinski definition) is 2. The minimum absolute atomic E-state index is 0. The van der Waals surface area contributed by atoms with Gasteiger partial charge in [-0.3, -0.25) is 0 Å². The van der Waals surface area contributed by atoms with Gasteiger partial charge in [0, 0.05) is 17.0 Å². The number of aliphatic hydroxyl groups excluding tert-OH is 1. The molecule has 0 spiro atoms. The van der Waals surface area contributed by atoms with Crippen molar-refractivity contribution in [2.45, 2.75) is 19.5 Å². The third-order valence-electron chi connectivity index (χ3n) is 2.53. The van der Waals surface area contributed by atoms with E-state index < -0.39 is 0 Å². The lowest BCUT2D eigenvalue weighted by atomic mass is 10.1. The van der Waals surface area contributed by atoms with Crippen LogP contribution in [-0.2, 0) is 6.54 Å². The number of halogens is 1. The van der Waals surface area contributed by atoms with E-state index >= 15 is 0 Å². The molecule has 5 heteroatoms. The summed E-state index contributed by atoms with van der Waals surface area (Å²) in [5.41, 5.74) is 2.32. The molecule has 0 aliphatic carbocycles. The van der Waals surface area contributed by atoms with Crippen LogP contribution in [-0.4, -0.2) is 11.7 Å². The Balaban J connectivity index is 0.00000144. The average molecular weight is 274 g/mol. The molecule has 94 valence electrons. The van der Waals surface area contributed by atoms with Crippen molar-refractivity contribution >= 4 is 23.7 Å². The molecule has 0 aliphatic heterocycles. The van der Waals surface area contributed by atoms with Crippen molar-refractivity contribution in [3.8, 4) is 0 Å². The van der Waals surface area contributed by atoms with Crippen LogP contribution in [0, 0.1) is 6.92 Å². The third-order valence-corrected chi connectivity index (χ3v) is 3.67. The summed E-state index contributed by atoms with van der Waals surface area (Å²) in [5.74, 6) is 0. The molecule has 0 fully saturated rings. The maximum Gasteiger partial charge on any atom is 0.0947 e. The quantitative estimate of drug-likeness (QED) is 0.881. The number of hydrogen-bond acceptors (Lipinski definition) is 4. The Morgan fingerprint density at radius 1 is 1.47 bits per heavy atom. The first-order chi connectivity index (χ1) is 7.81. The molecule has 0 radical (unpaired) electrons. The second-order valence-corrected chi connectivity index (χ2v) is 4.66. The van der Waals surface area contributed by atoms with Gasteiger partial charge in [-0.2, -0.15) is 0 Å². The summed E-state index contributed by atoms with van der Waals surface area (Å²) in [6.45, 7) is 2.88. The molecule has 17 heavy (non-hydrogen) atoms. The lowest BCUT2D eigenvalue weighted by Crippen LogP contribution is -2.23. The number of aliphatic hydroxyl groups is 1. The molecule has 0 aliphatic rings. The largest absolute Gasteiger partial charge is 0.472 e. The van der Waals surface area contributed by atoms with E-state index in [1.54, 1.807) is 23.9 Å². The van der Waals surface area contributed by atoms with Crippen molar-refractivity contribution in [3.05, 3.63) is 46.0 Å². The monoisotopic (exact) mass is 273 g/mol. The van der Waals surface area contributed by atoms with E-state index in [1.165, 1.54) is 10.4 Å². The summed E-state index contributed by atoms with van der Waals surface area (Å²) in [7, 11) is 0. The molecule has 2 N–H and O–H groups in total. The molecule has 0 bridgehead atoms. The highest BCUT2D eigenvalue weighted by molar-refractivity contribution is 7.10. The van der Waals surface area contributed by atoms with Crippen molar-refractivity contribution in [1.82, 2.24) is 5.32 Å². The van der Waals surface area contributed by atoms with Crippen LogP contribution in [0.5, 0.6) is 0 Å². The van der Waals surface area contributed by atoms with Crippen molar-refractivity contribution < 1.29 is 9.52 Å². The van der Waals surface area contributed by atoms with Gasteiger partial charge in [-0.15, -0.1) is 23.7 Å². The first-order valence-electron chi connectivity index (χ1n) is 5.20. The normalized spacial score (nSPS) is 12.1. The highest BCUT2D eigenvalue weighted by Crippen LogP contribution is 2.23. The van der Waals surface area contributed by atoms with E-state index in [9.17, 15) is 5.11 Å². The van der Waals surface area contributed by atoms with Crippen LogP contribution in [0.2, 0.25) is 0 Å². The zero-order valence-corrected chi connectivity index (χ0v) is 11.2. The van der Waals surface area contributed by atoms with Gasteiger partial charge in [-0.1, -0.05) is 0 Å². The Hall–Kier alpha value is -0.810. The summed E-state index contributed by atoms with van der Waals surface area (Å²) < 4.78 is 4.99. The Morgan fingerprint density at radius 3 is 2.82 bits per heavy atom. The summed E-state index contributed by atoms with van der Waals surface area (Å²) in [6.07, 6.45) is 3.37. The molecule has 2 aromatic rings. The van der Waals surface area contributed by atoms with Crippen molar-refractivity contribution in [1.29, 1.82) is 0 Å². The molecule has 0 saturated carbocycles. The zero-order chi connectivity index (χ0) is 11.4. The summed E-state index contributed by atoms with van der Waals surface area (Å²) in [4.78, 5) is 1.20. The maximum absolute atomic E-state index is 9.37. The van der Waals surface area contributed by atoms with Gasteiger partial charge in [0.25, 0.3) is 0 Å². The minimum Gasteiger partial charge on any atom is -0.472 e. The van der Waals surface area contributed by atoms with Gasteiger partial charge in [-0.05, 0) is 30.0 Å². The summed E-state index contributed by atoms with van der Waals surface area (Å²) >= 11 is 1.67. The average Bonchev–Trinajstić information content (AvgIpc) is 2.92. The number of aryl methyl sites for hydroxylation is 1. The van der Waals surface area contributed by atoms with Crippen LogP contribution in [0.3, 0.4) is 0 Å². The smallest absolute Gasteiger partial charge is 0.0947 e. The molecule has 2 heterocycles. The zero-order valence-electron chi connectivity index (χ0n) is 9.55. The minimum atomic E-state index is 0. The number of furan rings is 1. The van der Waals surface area contributed by atoms with Crippen molar-refractivity contribution in [2.24, 2.45) is 0 Å². The molecular weight excluding hydrogens is 258 g/mol. The van der Waals surface area contributed by atoms with Gasteiger partial charge >= 0.3 is 0 Å². The Morgan fingerprint density at radius 2 is 2.29 bits per heavy atom. The second-order valence-electron chi connectivity index (χ2n) is 3.72. The fraction of sp³-hybridized carbons (Fsp3) is 0.333. The molecule has 3 nitrogen and oxygen atoms in total. The molecule has 1 atom stereocenters. The van der Waals surface area contributed by atoms with Gasteiger partial charge in [0.2, 0.25) is 0 Å². The van der Waals surface area contributed by atoms with Crippen molar-refractivity contribution in [2.75, 3.05) is 6.61 Å². The standard InChI is InChI=1S/C12H15NO2S.ClH/c1-9-3-5-16-12(9)11(7-14)13-6-10-2-4-15-8-10;/h2-5,8,11,13-14H,6-7H2,1H3;1H. The van der Waals surface area contributed by atoms with Gasteiger partial charge in [0.15, 0.2) is 0 Å². The fourth-order valence-corrected chi connectivity index (χ4v) is 2.61. The van der Waals surface area contributed by atoms with Gasteiger partial charge in [0.05, 0.1) is 25.2 Å². The van der Waals surface area contributed by atoms with E-state index in [0.717, 1.165) is 5.56 Å². The third kappa shape index (κ3) is 3.57. The van der Waals surface area contributed by atoms with E-state index in [4.69, 9.17) is 4.42 Å². The summed E-state index contributed by atoms with van der Waals surface area (Å²) in [6, 6.07) is 4.00. The van der Waals surface area contributed by atoms with Crippen LogP contribution in [0.15, 0.2) is 34.5 Å². The predicted molar refractivity (Wildman–Crippen MR) is 71.7 cm³/mol. The van der Waals surface area contributed by atoms with Gasteiger partial charge in [0.1, 0.15) is 0 Å². The number of rotatable bonds is 5. The highest BCUT2D eigenvalue weighted by Gasteiger charge is 2.13. The van der Waals surface area contributed by atoms with E-state index in [0.29, 0.717) is 6.54 Å².